The molecule has 0 bridgehead atoms. The van der Waals surface area contributed by atoms with Gasteiger partial charge < -0.3 is 20.1 Å². The molecule has 0 saturated carbocycles. The van der Waals surface area contributed by atoms with Crippen LogP contribution < -0.4 is 20.1 Å². The standard InChI is InChI=1S/C17H22N2O2/c1-4-11-21-17-12-13(9-10-14(17)18)19(2)15-7-5-6-8-16(15)20-3/h5-10,12H,4,11,18H2,1-3H3. The first-order chi connectivity index (χ1) is 10.2. The Morgan fingerprint density at radius 3 is 2.57 bits per heavy atom. The molecule has 4 nitrogen and oxygen atoms in total. The molecule has 0 radical (unpaired) electrons. The van der Waals surface area contributed by atoms with Crippen LogP contribution in [0, 0.1) is 0 Å². The lowest BCUT2D eigenvalue weighted by Crippen LogP contribution is -2.11. The number of nitrogen functional groups attached to an aromatic ring is 1. The summed E-state index contributed by atoms with van der Waals surface area (Å²) < 4.78 is 11.1. The third-order valence-corrected chi connectivity index (χ3v) is 3.29. The van der Waals surface area contributed by atoms with E-state index >= 15 is 0 Å². The number of ether oxygens (including phenoxy) is 2. The monoisotopic (exact) mass is 286 g/mol. The Labute approximate surface area is 126 Å². The van der Waals surface area contributed by atoms with Crippen molar-refractivity contribution in [3.05, 3.63) is 42.5 Å². The maximum atomic E-state index is 5.96. The molecule has 0 unspecified atom stereocenters. The summed E-state index contributed by atoms with van der Waals surface area (Å²) in [7, 11) is 3.67. The number of nitrogens with two attached hydrogens (primary N) is 1. The molecule has 0 aliphatic rings. The van der Waals surface area contributed by atoms with E-state index in [4.69, 9.17) is 15.2 Å². The van der Waals surface area contributed by atoms with Gasteiger partial charge in [-0.05, 0) is 30.7 Å². The largest absolute Gasteiger partial charge is 0.495 e. The van der Waals surface area contributed by atoms with Crippen LogP contribution in [0.3, 0.4) is 0 Å². The first kappa shape index (κ1) is 15.0. The maximum absolute atomic E-state index is 5.96. The molecule has 0 aliphatic heterocycles. The van der Waals surface area contributed by atoms with Crippen molar-refractivity contribution in [1.82, 2.24) is 0 Å². The average molecular weight is 286 g/mol. The van der Waals surface area contributed by atoms with Gasteiger partial charge in [0, 0.05) is 18.8 Å². The molecule has 2 aromatic rings. The molecule has 0 aliphatic carbocycles. The third-order valence-electron chi connectivity index (χ3n) is 3.29. The number of rotatable bonds is 6. The Hall–Kier alpha value is -2.36. The fraction of sp³-hybridized carbons (Fsp3) is 0.294. The average Bonchev–Trinajstić information content (AvgIpc) is 2.53. The summed E-state index contributed by atoms with van der Waals surface area (Å²) in [5.74, 6) is 1.55. The molecule has 112 valence electrons. The summed E-state index contributed by atoms with van der Waals surface area (Å²) in [6.07, 6.45) is 0.950. The zero-order valence-corrected chi connectivity index (χ0v) is 12.8. The van der Waals surface area contributed by atoms with Crippen molar-refractivity contribution in [1.29, 1.82) is 0 Å². The van der Waals surface area contributed by atoms with Gasteiger partial charge in [-0.2, -0.15) is 0 Å². The summed E-state index contributed by atoms with van der Waals surface area (Å²) in [5.41, 5.74) is 8.60. The second kappa shape index (κ2) is 6.88. The minimum Gasteiger partial charge on any atom is -0.495 e. The zero-order chi connectivity index (χ0) is 15.2. The Morgan fingerprint density at radius 2 is 1.86 bits per heavy atom. The van der Waals surface area contributed by atoms with E-state index in [0.717, 1.165) is 29.3 Å². The van der Waals surface area contributed by atoms with Crippen LogP contribution in [0.15, 0.2) is 42.5 Å². The van der Waals surface area contributed by atoms with Gasteiger partial charge in [-0.15, -0.1) is 0 Å². The number of anilines is 3. The highest BCUT2D eigenvalue weighted by molar-refractivity contribution is 5.72. The van der Waals surface area contributed by atoms with Crippen LogP contribution in [0.5, 0.6) is 11.5 Å². The highest BCUT2D eigenvalue weighted by atomic mass is 16.5. The Balaban J connectivity index is 2.32. The van der Waals surface area contributed by atoms with Gasteiger partial charge in [0.05, 0.1) is 25.1 Å². The summed E-state index contributed by atoms with van der Waals surface area (Å²) in [6, 6.07) is 13.7. The third kappa shape index (κ3) is 3.40. The van der Waals surface area contributed by atoms with Gasteiger partial charge in [0.1, 0.15) is 11.5 Å². The summed E-state index contributed by atoms with van der Waals surface area (Å²) in [5, 5.41) is 0. The van der Waals surface area contributed by atoms with Gasteiger partial charge in [-0.3, -0.25) is 0 Å². The van der Waals surface area contributed by atoms with Crippen LogP contribution in [0.4, 0.5) is 17.1 Å². The lowest BCUT2D eigenvalue weighted by molar-refractivity contribution is 0.319. The van der Waals surface area contributed by atoms with Gasteiger partial charge in [-0.25, -0.2) is 0 Å². The molecule has 0 heterocycles. The predicted octanol–water partition coefficient (Wildman–Crippen LogP) is 3.83. The zero-order valence-electron chi connectivity index (χ0n) is 12.8. The van der Waals surface area contributed by atoms with Crippen LogP contribution in [0.2, 0.25) is 0 Å². The van der Waals surface area contributed by atoms with E-state index in [0.29, 0.717) is 12.3 Å². The van der Waals surface area contributed by atoms with Crippen LogP contribution in [-0.4, -0.2) is 20.8 Å². The summed E-state index contributed by atoms with van der Waals surface area (Å²) >= 11 is 0. The maximum Gasteiger partial charge on any atom is 0.144 e. The first-order valence-corrected chi connectivity index (χ1v) is 7.06. The van der Waals surface area contributed by atoms with Crippen molar-refractivity contribution in [3.63, 3.8) is 0 Å². The fourth-order valence-electron chi connectivity index (χ4n) is 2.11. The number of para-hydroxylation sites is 2. The molecule has 0 amide bonds. The molecule has 2 N–H and O–H groups in total. The van der Waals surface area contributed by atoms with Crippen LogP contribution in [-0.2, 0) is 0 Å². The molecule has 2 rings (SSSR count). The van der Waals surface area contributed by atoms with Crippen LogP contribution in [0.25, 0.3) is 0 Å². The minimum atomic E-state index is 0.653. The molecule has 0 fully saturated rings. The van der Waals surface area contributed by atoms with Crippen LogP contribution >= 0.6 is 0 Å². The fourth-order valence-corrected chi connectivity index (χ4v) is 2.11. The summed E-state index contributed by atoms with van der Waals surface area (Å²) in [4.78, 5) is 2.05. The lowest BCUT2D eigenvalue weighted by Gasteiger charge is -2.22. The van der Waals surface area contributed by atoms with Crippen molar-refractivity contribution in [2.24, 2.45) is 0 Å². The summed E-state index contributed by atoms with van der Waals surface area (Å²) in [6.45, 7) is 2.73. The molecule has 0 saturated heterocycles. The highest BCUT2D eigenvalue weighted by Crippen LogP contribution is 2.35. The minimum absolute atomic E-state index is 0.653. The molecule has 0 aromatic heterocycles. The highest BCUT2D eigenvalue weighted by Gasteiger charge is 2.11. The normalized spacial score (nSPS) is 10.2. The first-order valence-electron chi connectivity index (χ1n) is 7.06. The molecule has 21 heavy (non-hydrogen) atoms. The van der Waals surface area contributed by atoms with Gasteiger partial charge in [0.25, 0.3) is 0 Å². The molecular formula is C17H22N2O2. The number of hydrogen-bond acceptors (Lipinski definition) is 4. The molecule has 4 heteroatoms. The second-order valence-electron chi connectivity index (χ2n) is 4.80. The molecular weight excluding hydrogens is 264 g/mol. The topological polar surface area (TPSA) is 47.7 Å². The molecule has 2 aromatic carbocycles. The van der Waals surface area contributed by atoms with E-state index in [9.17, 15) is 0 Å². The Morgan fingerprint density at radius 1 is 1.10 bits per heavy atom. The molecule has 0 atom stereocenters. The van der Waals surface area contributed by atoms with E-state index in [1.54, 1.807) is 7.11 Å². The van der Waals surface area contributed by atoms with Gasteiger partial charge in [-0.1, -0.05) is 19.1 Å². The lowest BCUT2D eigenvalue weighted by atomic mass is 10.2. The van der Waals surface area contributed by atoms with E-state index in [-0.39, 0.29) is 0 Å². The van der Waals surface area contributed by atoms with Crippen molar-refractivity contribution in [3.8, 4) is 11.5 Å². The van der Waals surface area contributed by atoms with E-state index in [1.807, 2.05) is 49.5 Å². The van der Waals surface area contributed by atoms with E-state index in [2.05, 4.69) is 11.8 Å². The SMILES string of the molecule is CCCOc1cc(N(C)c2ccccc2OC)ccc1N. The number of methoxy groups -OCH3 is 1. The smallest absolute Gasteiger partial charge is 0.144 e. The van der Waals surface area contributed by atoms with Crippen molar-refractivity contribution in [2.45, 2.75) is 13.3 Å². The number of nitrogens with zero attached hydrogens (tertiary/aromatic N) is 1. The van der Waals surface area contributed by atoms with Crippen molar-refractivity contribution >= 4 is 17.1 Å². The van der Waals surface area contributed by atoms with Gasteiger partial charge in [0.2, 0.25) is 0 Å². The van der Waals surface area contributed by atoms with Gasteiger partial charge >= 0.3 is 0 Å². The second-order valence-corrected chi connectivity index (χ2v) is 4.80. The molecule has 0 spiro atoms. The van der Waals surface area contributed by atoms with E-state index < -0.39 is 0 Å². The number of hydrogen-bond donors (Lipinski definition) is 1. The number of benzene rings is 2. The Bertz CT molecular complexity index is 599. The van der Waals surface area contributed by atoms with Crippen molar-refractivity contribution in [2.75, 3.05) is 31.4 Å². The quantitative estimate of drug-likeness (QED) is 0.820. The van der Waals surface area contributed by atoms with Crippen LogP contribution in [0.1, 0.15) is 13.3 Å². The van der Waals surface area contributed by atoms with E-state index in [1.165, 1.54) is 0 Å². The predicted molar refractivity (Wildman–Crippen MR) is 87.7 cm³/mol. The van der Waals surface area contributed by atoms with Crippen molar-refractivity contribution < 1.29 is 9.47 Å². The Kier molecular flexibility index (Phi) is 4.93. The van der Waals surface area contributed by atoms with Gasteiger partial charge in [0.15, 0.2) is 0 Å².